The SMILES string of the molecule is COC(=O)C1NC(=O)C1NC(=O)C(=NOCC(=O)OCc1ccc([N+](=O)[O-])cc1)c1csc(NC(=O)CCl)n1. The van der Waals surface area contributed by atoms with Crippen molar-refractivity contribution in [3.05, 3.63) is 51.0 Å². The minimum absolute atomic E-state index is 0.0764. The first-order valence-electron chi connectivity index (χ1n) is 10.7. The molecule has 1 aromatic heterocycles. The molecule has 0 spiro atoms. The molecule has 0 radical (unpaired) electrons. The molecule has 3 rings (SSSR count). The number of non-ortho nitro benzene ring substituents is 1. The van der Waals surface area contributed by atoms with Crippen LogP contribution in [0.4, 0.5) is 10.8 Å². The van der Waals surface area contributed by atoms with Crippen LogP contribution in [0.2, 0.25) is 0 Å². The van der Waals surface area contributed by atoms with E-state index in [1.807, 2.05) is 0 Å². The summed E-state index contributed by atoms with van der Waals surface area (Å²) in [4.78, 5) is 79.4. The summed E-state index contributed by atoms with van der Waals surface area (Å²) in [7, 11) is 1.11. The summed E-state index contributed by atoms with van der Waals surface area (Å²) in [6.45, 7) is -0.947. The molecule has 1 aliphatic heterocycles. The Balaban J connectivity index is 1.67. The van der Waals surface area contributed by atoms with E-state index in [1.54, 1.807) is 0 Å². The average Bonchev–Trinajstić information content (AvgIpc) is 3.38. The molecule has 2 heterocycles. The van der Waals surface area contributed by atoms with Gasteiger partial charge in [0.2, 0.25) is 18.4 Å². The van der Waals surface area contributed by atoms with E-state index in [2.05, 4.69) is 30.8 Å². The first kappa shape index (κ1) is 28.9. The fourth-order valence-electron chi connectivity index (χ4n) is 2.93. The molecule has 0 aliphatic carbocycles. The summed E-state index contributed by atoms with van der Waals surface area (Å²) < 4.78 is 9.58. The summed E-state index contributed by atoms with van der Waals surface area (Å²) in [6, 6.07) is 2.93. The Morgan fingerprint density at radius 1 is 1.26 bits per heavy atom. The molecule has 2 atom stereocenters. The number of nitro groups is 1. The van der Waals surface area contributed by atoms with Crippen LogP contribution in [0.1, 0.15) is 11.3 Å². The normalized spacial score (nSPS) is 16.3. The van der Waals surface area contributed by atoms with Gasteiger partial charge in [-0.3, -0.25) is 24.5 Å². The number of β-lactam (4-membered cyclic amide) rings is 1. The van der Waals surface area contributed by atoms with Gasteiger partial charge >= 0.3 is 11.9 Å². The molecule has 1 fully saturated rings. The molecule has 2 aromatic rings. The van der Waals surface area contributed by atoms with Gasteiger partial charge in [0.05, 0.1) is 12.0 Å². The number of nitro benzene ring substituents is 1. The van der Waals surface area contributed by atoms with Crippen molar-refractivity contribution in [2.24, 2.45) is 5.16 Å². The quantitative estimate of drug-likeness (QED) is 0.0746. The van der Waals surface area contributed by atoms with Crippen LogP contribution < -0.4 is 16.0 Å². The minimum Gasteiger partial charge on any atom is -0.467 e. The summed E-state index contributed by atoms with van der Waals surface area (Å²) in [5, 5.41) is 22.8. The lowest BCUT2D eigenvalue weighted by Crippen LogP contribution is -2.72. The molecule has 3 amide bonds. The van der Waals surface area contributed by atoms with Gasteiger partial charge in [0.15, 0.2) is 16.9 Å². The minimum atomic E-state index is -1.27. The maximum Gasteiger partial charge on any atom is 0.347 e. The van der Waals surface area contributed by atoms with Crippen LogP contribution in [-0.4, -0.2) is 77.0 Å². The third-order valence-corrected chi connectivity index (χ3v) is 5.87. The highest BCUT2D eigenvalue weighted by Gasteiger charge is 2.46. The van der Waals surface area contributed by atoms with Gasteiger partial charge in [-0.15, -0.1) is 22.9 Å². The standard InChI is InChI=1S/C21H19ClN6O10S/c1-36-20(33)17-16(19(32)26-17)25-18(31)15(12-9-39-21(23-12)24-13(29)6-22)27-38-8-14(30)37-7-10-2-4-11(5-3-10)28(34)35/h2-5,9,16-17H,6-8H2,1H3,(H,25,31)(H,26,32)(H,23,24,29). The Labute approximate surface area is 227 Å². The molecule has 16 nitrogen and oxygen atoms in total. The molecule has 1 saturated heterocycles. The van der Waals surface area contributed by atoms with E-state index in [1.165, 1.54) is 29.6 Å². The average molecular weight is 583 g/mol. The molecule has 0 saturated carbocycles. The number of carbonyl (C=O) groups excluding carboxylic acids is 5. The summed E-state index contributed by atoms with van der Waals surface area (Å²) >= 11 is 6.39. The molecule has 39 heavy (non-hydrogen) atoms. The third kappa shape index (κ3) is 7.68. The number of esters is 2. The van der Waals surface area contributed by atoms with Crippen LogP contribution in [0, 0.1) is 10.1 Å². The molecule has 0 bridgehead atoms. The second kappa shape index (κ2) is 13.2. The maximum absolute atomic E-state index is 12.9. The number of hydrogen-bond acceptors (Lipinski definition) is 13. The van der Waals surface area contributed by atoms with Gasteiger partial charge in [-0.1, -0.05) is 5.16 Å². The number of aromatic nitrogens is 1. The highest BCUT2D eigenvalue weighted by molar-refractivity contribution is 7.14. The van der Waals surface area contributed by atoms with Crippen molar-refractivity contribution >= 4 is 69.1 Å². The number of oxime groups is 1. The first-order chi connectivity index (χ1) is 18.6. The van der Waals surface area contributed by atoms with E-state index < -0.39 is 59.0 Å². The molecule has 206 valence electrons. The number of halogens is 1. The van der Waals surface area contributed by atoms with Crippen LogP contribution >= 0.6 is 22.9 Å². The number of ether oxygens (including phenoxy) is 2. The van der Waals surface area contributed by atoms with E-state index in [0.717, 1.165) is 18.4 Å². The second-order valence-corrected chi connectivity index (χ2v) is 8.60. The zero-order valence-electron chi connectivity index (χ0n) is 19.9. The second-order valence-electron chi connectivity index (χ2n) is 7.48. The predicted molar refractivity (Wildman–Crippen MR) is 133 cm³/mol. The number of thiazole rings is 1. The van der Waals surface area contributed by atoms with E-state index in [9.17, 15) is 34.1 Å². The van der Waals surface area contributed by atoms with Crippen molar-refractivity contribution < 1.29 is 43.2 Å². The molecule has 18 heteroatoms. The number of rotatable bonds is 12. The van der Waals surface area contributed by atoms with E-state index in [4.69, 9.17) is 21.2 Å². The van der Waals surface area contributed by atoms with Gasteiger partial charge in [0.25, 0.3) is 11.6 Å². The van der Waals surface area contributed by atoms with Crippen LogP contribution in [0.5, 0.6) is 0 Å². The fraction of sp³-hybridized carbons (Fsp3) is 0.286. The van der Waals surface area contributed by atoms with Gasteiger partial charge in [-0.2, -0.15) is 0 Å². The topological polar surface area (TPSA) is 218 Å². The zero-order chi connectivity index (χ0) is 28.5. The zero-order valence-corrected chi connectivity index (χ0v) is 21.4. The summed E-state index contributed by atoms with van der Waals surface area (Å²) in [5.41, 5.74) is -0.219. The molecular weight excluding hydrogens is 564 g/mol. The van der Waals surface area contributed by atoms with E-state index in [0.29, 0.717) is 5.56 Å². The highest BCUT2D eigenvalue weighted by atomic mass is 35.5. The lowest BCUT2D eigenvalue weighted by Gasteiger charge is -2.34. The van der Waals surface area contributed by atoms with Crippen molar-refractivity contribution in [3.8, 4) is 0 Å². The van der Waals surface area contributed by atoms with Crippen molar-refractivity contribution in [2.45, 2.75) is 18.7 Å². The maximum atomic E-state index is 12.9. The summed E-state index contributed by atoms with van der Waals surface area (Å²) in [6.07, 6.45) is 0. The van der Waals surface area contributed by atoms with Crippen molar-refractivity contribution in [1.29, 1.82) is 0 Å². The smallest absolute Gasteiger partial charge is 0.347 e. The van der Waals surface area contributed by atoms with E-state index >= 15 is 0 Å². The van der Waals surface area contributed by atoms with Gasteiger partial charge < -0.3 is 30.3 Å². The number of alkyl halides is 1. The molecule has 2 unspecified atom stereocenters. The Morgan fingerprint density at radius 2 is 1.97 bits per heavy atom. The number of anilines is 1. The number of amides is 3. The van der Waals surface area contributed by atoms with Gasteiger partial charge in [0, 0.05) is 17.5 Å². The first-order valence-corrected chi connectivity index (χ1v) is 12.1. The molecule has 1 aliphatic rings. The monoisotopic (exact) mass is 582 g/mol. The molecular formula is C21H19ClN6O10S. The lowest BCUT2D eigenvalue weighted by atomic mass is 9.99. The number of carbonyl (C=O) groups is 5. The van der Waals surface area contributed by atoms with Gasteiger partial charge in [-0.05, 0) is 17.7 Å². The number of benzene rings is 1. The summed E-state index contributed by atoms with van der Waals surface area (Å²) in [5.74, 6) is -4.20. The van der Waals surface area contributed by atoms with Gasteiger partial charge in [-0.25, -0.2) is 14.6 Å². The highest BCUT2D eigenvalue weighted by Crippen LogP contribution is 2.18. The molecule has 3 N–H and O–H groups in total. The Bertz CT molecular complexity index is 1310. The number of nitrogens with one attached hydrogen (secondary N) is 3. The Kier molecular flexibility index (Phi) is 9.82. The van der Waals surface area contributed by atoms with Crippen LogP contribution in [0.3, 0.4) is 0 Å². The van der Waals surface area contributed by atoms with Crippen LogP contribution in [0.15, 0.2) is 34.8 Å². The Hall–Kier alpha value is -4.64. The number of nitrogens with zero attached hydrogens (tertiary/aromatic N) is 3. The van der Waals surface area contributed by atoms with Crippen molar-refractivity contribution in [2.75, 3.05) is 24.9 Å². The third-order valence-electron chi connectivity index (χ3n) is 4.87. The number of methoxy groups -OCH3 is 1. The lowest BCUT2D eigenvalue weighted by molar-refractivity contribution is -0.384. The van der Waals surface area contributed by atoms with Crippen LogP contribution in [0.25, 0.3) is 0 Å². The largest absolute Gasteiger partial charge is 0.467 e. The van der Waals surface area contributed by atoms with Crippen molar-refractivity contribution in [1.82, 2.24) is 15.6 Å². The fourth-order valence-corrected chi connectivity index (χ4v) is 3.71. The number of hydrogen-bond donors (Lipinski definition) is 3. The van der Waals surface area contributed by atoms with E-state index in [-0.39, 0.29) is 29.0 Å². The van der Waals surface area contributed by atoms with Crippen molar-refractivity contribution in [3.63, 3.8) is 0 Å². The Morgan fingerprint density at radius 3 is 2.59 bits per heavy atom. The predicted octanol–water partition coefficient (Wildman–Crippen LogP) is -0.151. The van der Waals surface area contributed by atoms with Crippen LogP contribution in [-0.2, 0) is 44.9 Å². The van der Waals surface area contributed by atoms with Gasteiger partial charge in [0.1, 0.15) is 24.2 Å². The molecule has 1 aromatic carbocycles.